The van der Waals surface area contributed by atoms with Crippen LogP contribution in [0, 0.1) is 0 Å². The summed E-state index contributed by atoms with van der Waals surface area (Å²) in [6.45, 7) is 1.61. The zero-order valence-electron chi connectivity index (χ0n) is 16.3. The van der Waals surface area contributed by atoms with Crippen LogP contribution >= 0.6 is 11.3 Å². The highest BCUT2D eigenvalue weighted by molar-refractivity contribution is 7.18. The van der Waals surface area contributed by atoms with E-state index in [2.05, 4.69) is 0 Å². The molecule has 5 nitrogen and oxygen atoms in total. The molecule has 3 rings (SSSR count). The normalized spacial score (nSPS) is 11.2. The third-order valence-electron chi connectivity index (χ3n) is 4.43. The standard InChI is InChI=1S/C22H18F3NO4S/c1-2-19(27)26(13-14-8-10-16(11-9-14)22(23,24)25)17-12-18(15-6-4-3-5-7-15)31-20(17)30-21(28)29/h3-12H,2,13H2,1H3,(H,28,29). The zero-order valence-corrected chi connectivity index (χ0v) is 17.2. The van der Waals surface area contributed by atoms with Gasteiger partial charge in [-0.15, -0.1) is 0 Å². The third-order valence-corrected chi connectivity index (χ3v) is 5.49. The zero-order chi connectivity index (χ0) is 22.6. The fourth-order valence-corrected chi connectivity index (χ4v) is 3.94. The van der Waals surface area contributed by atoms with E-state index in [1.54, 1.807) is 13.0 Å². The highest BCUT2D eigenvalue weighted by Gasteiger charge is 2.30. The van der Waals surface area contributed by atoms with Gasteiger partial charge in [0.05, 0.1) is 17.8 Å². The monoisotopic (exact) mass is 449 g/mol. The predicted molar refractivity (Wildman–Crippen MR) is 111 cm³/mol. The van der Waals surface area contributed by atoms with Crippen LogP contribution in [0.4, 0.5) is 23.7 Å². The lowest BCUT2D eigenvalue weighted by atomic mass is 10.1. The molecule has 0 atom stereocenters. The smallest absolute Gasteiger partial charge is 0.449 e. The Balaban J connectivity index is 2.00. The summed E-state index contributed by atoms with van der Waals surface area (Å²) in [7, 11) is 0. The number of hydrogen-bond donors (Lipinski definition) is 1. The van der Waals surface area contributed by atoms with Crippen LogP contribution in [0.5, 0.6) is 5.06 Å². The first kappa shape index (κ1) is 22.4. The Bertz CT molecular complexity index is 1060. The number of carboxylic acid groups (broad SMARTS) is 1. The number of hydrogen-bond acceptors (Lipinski definition) is 4. The van der Waals surface area contributed by atoms with Gasteiger partial charge in [0, 0.05) is 11.3 Å². The molecule has 162 valence electrons. The molecular weight excluding hydrogens is 431 g/mol. The quantitative estimate of drug-likeness (QED) is 0.440. The van der Waals surface area contributed by atoms with Crippen LogP contribution in [-0.2, 0) is 17.5 Å². The second-order valence-corrected chi connectivity index (χ2v) is 7.56. The molecule has 0 aliphatic heterocycles. The number of carbonyl (C=O) groups excluding carboxylic acids is 1. The molecular formula is C22H18F3NO4S. The molecule has 0 fully saturated rings. The largest absolute Gasteiger partial charge is 0.512 e. The molecule has 0 radical (unpaired) electrons. The van der Waals surface area contributed by atoms with Crippen LogP contribution in [0.15, 0.2) is 60.7 Å². The minimum atomic E-state index is -4.46. The number of anilines is 1. The van der Waals surface area contributed by atoms with Crippen LogP contribution in [0.25, 0.3) is 10.4 Å². The first-order chi connectivity index (χ1) is 14.7. The third kappa shape index (κ3) is 5.43. The van der Waals surface area contributed by atoms with Crippen LogP contribution in [-0.4, -0.2) is 17.2 Å². The van der Waals surface area contributed by atoms with E-state index in [0.29, 0.717) is 10.4 Å². The topological polar surface area (TPSA) is 66.8 Å². The molecule has 0 aliphatic carbocycles. The molecule has 0 unspecified atom stereocenters. The van der Waals surface area contributed by atoms with E-state index in [-0.39, 0.29) is 29.6 Å². The number of thiophene rings is 1. The summed E-state index contributed by atoms with van der Waals surface area (Å²) < 4.78 is 43.4. The van der Waals surface area contributed by atoms with E-state index in [0.717, 1.165) is 29.0 Å². The van der Waals surface area contributed by atoms with Gasteiger partial charge in [-0.2, -0.15) is 13.2 Å². The van der Waals surface area contributed by atoms with Gasteiger partial charge in [-0.25, -0.2) is 4.79 Å². The van der Waals surface area contributed by atoms with Crippen LogP contribution in [0.3, 0.4) is 0 Å². The van der Waals surface area contributed by atoms with E-state index >= 15 is 0 Å². The minimum absolute atomic E-state index is 0.0139. The summed E-state index contributed by atoms with van der Waals surface area (Å²) in [5.41, 5.74) is 0.732. The molecule has 2 aromatic carbocycles. The maximum atomic E-state index is 12.8. The van der Waals surface area contributed by atoms with Crippen LogP contribution in [0.2, 0.25) is 0 Å². The molecule has 0 bridgehead atoms. The van der Waals surface area contributed by atoms with Gasteiger partial charge in [-0.1, -0.05) is 60.7 Å². The van der Waals surface area contributed by atoms with E-state index in [4.69, 9.17) is 9.84 Å². The van der Waals surface area contributed by atoms with E-state index < -0.39 is 17.9 Å². The van der Waals surface area contributed by atoms with Gasteiger partial charge in [0.25, 0.3) is 0 Å². The summed E-state index contributed by atoms with van der Waals surface area (Å²) in [5.74, 6) is -0.326. The number of rotatable bonds is 6. The lowest BCUT2D eigenvalue weighted by Crippen LogP contribution is -2.29. The van der Waals surface area contributed by atoms with Crippen molar-refractivity contribution in [1.82, 2.24) is 0 Å². The van der Waals surface area contributed by atoms with Gasteiger partial charge in [0.2, 0.25) is 11.0 Å². The number of nitrogens with zero attached hydrogens (tertiary/aromatic N) is 1. The van der Waals surface area contributed by atoms with Crippen molar-refractivity contribution in [2.75, 3.05) is 4.90 Å². The van der Waals surface area contributed by atoms with E-state index in [1.807, 2.05) is 30.3 Å². The Morgan fingerprint density at radius 2 is 1.71 bits per heavy atom. The van der Waals surface area contributed by atoms with E-state index in [9.17, 15) is 22.8 Å². The van der Waals surface area contributed by atoms with Gasteiger partial charge >= 0.3 is 12.3 Å². The maximum Gasteiger partial charge on any atom is 0.512 e. The Hall–Kier alpha value is -3.33. The van der Waals surface area contributed by atoms with Crippen LogP contribution < -0.4 is 9.64 Å². The Morgan fingerprint density at radius 1 is 1.06 bits per heavy atom. The maximum absolute atomic E-state index is 12.8. The highest BCUT2D eigenvalue weighted by atomic mass is 32.1. The first-order valence-electron chi connectivity index (χ1n) is 9.25. The summed E-state index contributed by atoms with van der Waals surface area (Å²) in [4.78, 5) is 25.9. The molecule has 0 aliphatic rings. The number of carbonyl (C=O) groups is 2. The van der Waals surface area contributed by atoms with Gasteiger partial charge in [-0.3, -0.25) is 4.79 Å². The number of alkyl halides is 3. The molecule has 31 heavy (non-hydrogen) atoms. The second-order valence-electron chi connectivity index (χ2n) is 6.55. The SMILES string of the molecule is CCC(=O)N(Cc1ccc(C(F)(F)F)cc1)c1cc(-c2ccccc2)sc1OC(=O)O. The van der Waals surface area contributed by atoms with Crippen molar-refractivity contribution in [3.8, 4) is 15.5 Å². The second kappa shape index (κ2) is 9.22. The molecule has 3 aromatic rings. The fraction of sp³-hybridized carbons (Fsp3) is 0.182. The summed E-state index contributed by atoms with van der Waals surface area (Å²) in [6.07, 6.45) is -5.87. The Kier molecular flexibility index (Phi) is 6.65. The van der Waals surface area contributed by atoms with Gasteiger partial charge < -0.3 is 14.7 Å². The Morgan fingerprint density at radius 3 is 2.26 bits per heavy atom. The summed E-state index contributed by atoms with van der Waals surface area (Å²) in [5, 5.41) is 9.13. The molecule has 1 amide bonds. The van der Waals surface area contributed by atoms with Crippen molar-refractivity contribution in [1.29, 1.82) is 0 Å². The molecule has 1 aromatic heterocycles. The molecule has 1 heterocycles. The van der Waals surface area contributed by atoms with Crippen molar-refractivity contribution in [2.45, 2.75) is 26.1 Å². The summed E-state index contributed by atoms with van der Waals surface area (Å²) in [6, 6.07) is 15.3. The van der Waals surface area contributed by atoms with Crippen molar-refractivity contribution < 1.29 is 32.6 Å². The fourth-order valence-electron chi connectivity index (χ4n) is 2.93. The summed E-state index contributed by atoms with van der Waals surface area (Å²) >= 11 is 1.07. The van der Waals surface area contributed by atoms with Gasteiger partial charge in [0.15, 0.2) is 0 Å². The number of ether oxygens (including phenoxy) is 1. The van der Waals surface area contributed by atoms with Crippen LogP contribution in [0.1, 0.15) is 24.5 Å². The van der Waals surface area contributed by atoms with Crippen molar-refractivity contribution in [3.63, 3.8) is 0 Å². The number of halogens is 3. The number of benzene rings is 2. The van der Waals surface area contributed by atoms with E-state index in [1.165, 1.54) is 17.0 Å². The minimum Gasteiger partial charge on any atom is -0.449 e. The molecule has 0 saturated carbocycles. The van der Waals surface area contributed by atoms with Crippen molar-refractivity contribution in [3.05, 3.63) is 71.8 Å². The lowest BCUT2D eigenvalue weighted by Gasteiger charge is -2.22. The number of amides is 1. The average Bonchev–Trinajstić information content (AvgIpc) is 3.14. The first-order valence-corrected chi connectivity index (χ1v) is 10.1. The highest BCUT2D eigenvalue weighted by Crippen LogP contribution is 2.43. The van der Waals surface area contributed by atoms with Crippen molar-refractivity contribution in [2.24, 2.45) is 0 Å². The molecule has 0 spiro atoms. The molecule has 9 heteroatoms. The average molecular weight is 449 g/mol. The lowest BCUT2D eigenvalue weighted by molar-refractivity contribution is -0.137. The Labute approximate surface area is 180 Å². The van der Waals surface area contributed by atoms with Crippen molar-refractivity contribution >= 4 is 29.1 Å². The molecule has 0 saturated heterocycles. The van der Waals surface area contributed by atoms with Gasteiger partial charge in [-0.05, 0) is 29.3 Å². The molecule has 1 N–H and O–H groups in total. The predicted octanol–water partition coefficient (Wildman–Crippen LogP) is 6.43. The van der Waals surface area contributed by atoms with Gasteiger partial charge in [0.1, 0.15) is 0 Å².